The summed E-state index contributed by atoms with van der Waals surface area (Å²) in [6.07, 6.45) is 0. The molecule has 0 amide bonds. The van der Waals surface area contributed by atoms with E-state index in [1.807, 2.05) is 18.4 Å². The van der Waals surface area contributed by atoms with Crippen LogP contribution in [0.15, 0.2) is 40.9 Å². The highest BCUT2D eigenvalue weighted by molar-refractivity contribution is 7.09. The minimum atomic E-state index is -0.433. The lowest BCUT2D eigenvalue weighted by Crippen LogP contribution is -2.23. The van der Waals surface area contributed by atoms with Crippen molar-refractivity contribution in [1.82, 2.24) is 4.90 Å². The molecule has 6 heteroatoms. The van der Waals surface area contributed by atoms with E-state index < -0.39 is 5.82 Å². The molecule has 0 fully saturated rings. The van der Waals surface area contributed by atoms with Gasteiger partial charge in [-0.15, -0.1) is 11.3 Å². The predicted molar refractivity (Wildman–Crippen MR) is 83.0 cm³/mol. The van der Waals surface area contributed by atoms with E-state index in [9.17, 15) is 4.39 Å². The number of benzene rings is 1. The number of rotatable bonds is 6. The molecular formula is C15H18FN3OS. The molecule has 0 atom stereocenters. The first-order chi connectivity index (χ1) is 10.2. The highest BCUT2D eigenvalue weighted by Gasteiger charge is 2.14. The van der Waals surface area contributed by atoms with Crippen LogP contribution in [0.2, 0.25) is 0 Å². The number of nitrogens with zero attached hydrogens (tertiary/aromatic N) is 2. The van der Waals surface area contributed by atoms with Gasteiger partial charge in [0.05, 0.1) is 5.56 Å². The standard InChI is InChI=1S/C15H18FN3OS/c1-2-19(10-12-6-4-8-21-12)9-11-5-3-7-13(14(11)16)15(17)18-20/h3-8,20H,2,9-10H2,1H3,(H2,17,18). The maximum atomic E-state index is 14.4. The maximum absolute atomic E-state index is 14.4. The van der Waals surface area contributed by atoms with Crippen LogP contribution in [0.5, 0.6) is 0 Å². The van der Waals surface area contributed by atoms with Gasteiger partial charge in [0.2, 0.25) is 0 Å². The van der Waals surface area contributed by atoms with Crippen molar-refractivity contribution in [2.75, 3.05) is 6.54 Å². The molecule has 1 aromatic heterocycles. The third kappa shape index (κ3) is 3.80. The molecule has 0 unspecified atom stereocenters. The van der Waals surface area contributed by atoms with E-state index in [4.69, 9.17) is 10.9 Å². The van der Waals surface area contributed by atoms with Gasteiger partial charge in [0.25, 0.3) is 0 Å². The number of nitrogens with two attached hydrogens (primary N) is 1. The van der Waals surface area contributed by atoms with Crippen molar-refractivity contribution in [3.63, 3.8) is 0 Å². The molecule has 2 aromatic rings. The SMILES string of the molecule is CCN(Cc1cccs1)Cc1cccc(/C(N)=N/O)c1F. The Bertz CT molecular complexity index is 613. The fraction of sp³-hybridized carbons (Fsp3) is 0.267. The van der Waals surface area contributed by atoms with E-state index in [1.165, 1.54) is 10.9 Å². The third-order valence-corrected chi connectivity index (χ3v) is 4.12. The second-order valence-electron chi connectivity index (χ2n) is 4.65. The summed E-state index contributed by atoms with van der Waals surface area (Å²) in [7, 11) is 0. The van der Waals surface area contributed by atoms with Crippen LogP contribution < -0.4 is 5.73 Å². The van der Waals surface area contributed by atoms with Crippen LogP contribution in [0.3, 0.4) is 0 Å². The molecule has 4 nitrogen and oxygen atoms in total. The molecule has 112 valence electrons. The molecule has 0 spiro atoms. The van der Waals surface area contributed by atoms with Gasteiger partial charge in [-0.1, -0.05) is 30.3 Å². The summed E-state index contributed by atoms with van der Waals surface area (Å²) in [4.78, 5) is 3.38. The number of thiophene rings is 1. The summed E-state index contributed by atoms with van der Waals surface area (Å²) in [5.74, 6) is -0.645. The van der Waals surface area contributed by atoms with E-state index in [2.05, 4.69) is 16.1 Å². The van der Waals surface area contributed by atoms with Crippen LogP contribution in [-0.4, -0.2) is 22.5 Å². The van der Waals surface area contributed by atoms with Gasteiger partial charge in [-0.05, 0) is 24.1 Å². The Kier molecular flexibility index (Phi) is 5.30. The molecule has 3 N–H and O–H groups in total. The second kappa shape index (κ2) is 7.19. The zero-order chi connectivity index (χ0) is 15.2. The first-order valence-electron chi connectivity index (χ1n) is 6.65. The Morgan fingerprint density at radius 2 is 2.14 bits per heavy atom. The van der Waals surface area contributed by atoms with Crippen molar-refractivity contribution in [1.29, 1.82) is 0 Å². The van der Waals surface area contributed by atoms with E-state index in [0.29, 0.717) is 12.1 Å². The molecule has 0 radical (unpaired) electrons. The van der Waals surface area contributed by atoms with Crippen LogP contribution >= 0.6 is 11.3 Å². The Labute approximate surface area is 127 Å². The number of hydrogen-bond donors (Lipinski definition) is 2. The van der Waals surface area contributed by atoms with Gasteiger partial charge < -0.3 is 10.9 Å². The lowest BCUT2D eigenvalue weighted by Gasteiger charge is -2.20. The summed E-state index contributed by atoms with van der Waals surface area (Å²) in [6.45, 7) is 4.11. The Balaban J connectivity index is 2.18. The monoisotopic (exact) mass is 307 g/mol. The fourth-order valence-electron chi connectivity index (χ4n) is 2.10. The molecular weight excluding hydrogens is 289 g/mol. The van der Waals surface area contributed by atoms with Crippen molar-refractivity contribution in [2.45, 2.75) is 20.0 Å². The summed E-state index contributed by atoms with van der Waals surface area (Å²) in [5.41, 5.74) is 6.15. The molecule has 0 saturated carbocycles. The molecule has 0 aliphatic heterocycles. The zero-order valence-electron chi connectivity index (χ0n) is 11.8. The van der Waals surface area contributed by atoms with Crippen LogP contribution in [-0.2, 0) is 13.1 Å². The van der Waals surface area contributed by atoms with E-state index in [-0.39, 0.29) is 11.4 Å². The van der Waals surface area contributed by atoms with Crippen molar-refractivity contribution in [3.8, 4) is 0 Å². The molecule has 1 heterocycles. The van der Waals surface area contributed by atoms with Crippen LogP contribution in [0.25, 0.3) is 0 Å². The maximum Gasteiger partial charge on any atom is 0.173 e. The lowest BCUT2D eigenvalue weighted by molar-refractivity contribution is 0.269. The van der Waals surface area contributed by atoms with Crippen LogP contribution in [0.1, 0.15) is 22.9 Å². The molecule has 0 saturated heterocycles. The molecule has 2 rings (SSSR count). The highest BCUT2D eigenvalue weighted by Crippen LogP contribution is 2.18. The molecule has 0 aliphatic carbocycles. The van der Waals surface area contributed by atoms with Gasteiger partial charge >= 0.3 is 0 Å². The van der Waals surface area contributed by atoms with E-state index in [1.54, 1.807) is 23.5 Å². The van der Waals surface area contributed by atoms with Crippen molar-refractivity contribution in [3.05, 3.63) is 57.5 Å². The Morgan fingerprint density at radius 1 is 1.33 bits per heavy atom. The topological polar surface area (TPSA) is 61.8 Å². The summed E-state index contributed by atoms with van der Waals surface area (Å²) < 4.78 is 14.4. The number of amidine groups is 1. The fourth-order valence-corrected chi connectivity index (χ4v) is 2.84. The zero-order valence-corrected chi connectivity index (χ0v) is 12.6. The normalized spacial score (nSPS) is 12.0. The quantitative estimate of drug-likeness (QED) is 0.373. The van der Waals surface area contributed by atoms with Gasteiger partial charge in [-0.2, -0.15) is 0 Å². The highest BCUT2D eigenvalue weighted by atomic mass is 32.1. The molecule has 0 bridgehead atoms. The van der Waals surface area contributed by atoms with Crippen molar-refractivity contribution in [2.24, 2.45) is 10.9 Å². The van der Waals surface area contributed by atoms with Gasteiger partial charge in [0.1, 0.15) is 5.82 Å². The van der Waals surface area contributed by atoms with Gasteiger partial charge in [0, 0.05) is 23.5 Å². The largest absolute Gasteiger partial charge is 0.409 e. The number of oxime groups is 1. The average molecular weight is 307 g/mol. The predicted octanol–water partition coefficient (Wildman–Crippen LogP) is 3.00. The summed E-state index contributed by atoms with van der Waals surface area (Å²) in [6, 6.07) is 9.01. The van der Waals surface area contributed by atoms with Crippen LogP contribution in [0.4, 0.5) is 4.39 Å². The van der Waals surface area contributed by atoms with Gasteiger partial charge in [-0.25, -0.2) is 4.39 Å². The molecule has 0 aliphatic rings. The summed E-state index contributed by atoms with van der Waals surface area (Å²) in [5, 5.41) is 13.6. The van der Waals surface area contributed by atoms with Gasteiger partial charge in [-0.3, -0.25) is 4.90 Å². The molecule has 21 heavy (non-hydrogen) atoms. The Hall–Kier alpha value is -1.92. The number of halogens is 1. The van der Waals surface area contributed by atoms with Crippen LogP contribution in [0, 0.1) is 5.82 Å². The van der Waals surface area contributed by atoms with Crippen molar-refractivity contribution >= 4 is 17.2 Å². The van der Waals surface area contributed by atoms with E-state index >= 15 is 0 Å². The Morgan fingerprint density at radius 3 is 2.76 bits per heavy atom. The smallest absolute Gasteiger partial charge is 0.173 e. The number of hydrogen-bond acceptors (Lipinski definition) is 4. The summed E-state index contributed by atoms with van der Waals surface area (Å²) >= 11 is 1.69. The third-order valence-electron chi connectivity index (χ3n) is 3.26. The average Bonchev–Trinajstić information content (AvgIpc) is 3.00. The van der Waals surface area contributed by atoms with E-state index in [0.717, 1.165) is 13.1 Å². The molecule has 1 aromatic carbocycles. The second-order valence-corrected chi connectivity index (χ2v) is 5.68. The minimum absolute atomic E-state index is 0.127. The minimum Gasteiger partial charge on any atom is -0.409 e. The lowest BCUT2D eigenvalue weighted by atomic mass is 10.1. The van der Waals surface area contributed by atoms with Crippen molar-refractivity contribution < 1.29 is 9.60 Å². The van der Waals surface area contributed by atoms with Gasteiger partial charge in [0.15, 0.2) is 5.84 Å². The first-order valence-corrected chi connectivity index (χ1v) is 7.53. The first kappa shape index (κ1) is 15.5.